The molecule has 0 unspecified atom stereocenters. The molecule has 0 saturated carbocycles. The van der Waals surface area contributed by atoms with Gasteiger partial charge in [-0.25, -0.2) is 4.79 Å². The Morgan fingerprint density at radius 1 is 1.17 bits per heavy atom. The van der Waals surface area contributed by atoms with Crippen LogP contribution in [-0.2, 0) is 6.54 Å². The minimum atomic E-state index is 0.123. The summed E-state index contributed by atoms with van der Waals surface area (Å²) in [6.45, 7) is 8.25. The number of rotatable bonds is 3. The van der Waals surface area contributed by atoms with E-state index in [9.17, 15) is 4.79 Å². The number of urea groups is 1. The van der Waals surface area contributed by atoms with Crippen molar-refractivity contribution < 1.29 is 4.79 Å². The predicted octanol–water partition coefficient (Wildman–Crippen LogP) is 2.52. The Morgan fingerprint density at radius 3 is 2.54 bits per heavy atom. The van der Waals surface area contributed by atoms with Crippen molar-refractivity contribution in [3.05, 3.63) is 29.8 Å². The average Bonchev–Trinajstić information content (AvgIpc) is 2.62. The van der Waals surface area contributed by atoms with Crippen molar-refractivity contribution in [3.8, 4) is 0 Å². The zero-order valence-corrected chi connectivity index (χ0v) is 15.0. The van der Waals surface area contributed by atoms with Gasteiger partial charge in [-0.2, -0.15) is 0 Å². The summed E-state index contributed by atoms with van der Waals surface area (Å²) in [6.07, 6.45) is 3.50. The van der Waals surface area contributed by atoms with Gasteiger partial charge < -0.3 is 10.2 Å². The first-order valence-electron chi connectivity index (χ1n) is 9.21. The molecule has 24 heavy (non-hydrogen) atoms. The van der Waals surface area contributed by atoms with Crippen molar-refractivity contribution in [2.24, 2.45) is 0 Å². The van der Waals surface area contributed by atoms with Crippen LogP contribution in [0.25, 0.3) is 0 Å². The van der Waals surface area contributed by atoms with Gasteiger partial charge in [-0.15, -0.1) is 0 Å². The Hall–Kier alpha value is -1.59. The highest BCUT2D eigenvalue weighted by molar-refractivity contribution is 5.91. The third kappa shape index (κ3) is 4.28. The number of nitrogens with zero attached hydrogens (tertiary/aromatic N) is 3. The largest absolute Gasteiger partial charge is 0.324 e. The monoisotopic (exact) mass is 330 g/mol. The molecule has 1 atom stereocenters. The molecule has 1 aromatic carbocycles. The molecule has 0 aromatic heterocycles. The van der Waals surface area contributed by atoms with E-state index in [1.807, 2.05) is 11.9 Å². The lowest BCUT2D eigenvalue weighted by molar-refractivity contribution is 0.194. The maximum atomic E-state index is 12.6. The smallest absolute Gasteiger partial charge is 0.324 e. The van der Waals surface area contributed by atoms with E-state index in [1.54, 1.807) is 4.90 Å². The Morgan fingerprint density at radius 2 is 1.88 bits per heavy atom. The van der Waals surface area contributed by atoms with Crippen LogP contribution in [0, 0.1) is 0 Å². The van der Waals surface area contributed by atoms with E-state index in [1.165, 1.54) is 12.0 Å². The van der Waals surface area contributed by atoms with Gasteiger partial charge in [0.15, 0.2) is 0 Å². The normalized spacial score (nSPS) is 22.4. The molecular formula is C19H30N4O. The van der Waals surface area contributed by atoms with Crippen molar-refractivity contribution >= 4 is 11.7 Å². The van der Waals surface area contributed by atoms with Gasteiger partial charge in [-0.05, 0) is 43.9 Å². The van der Waals surface area contributed by atoms with Crippen molar-refractivity contribution in [3.63, 3.8) is 0 Å². The maximum Gasteiger partial charge on any atom is 0.324 e. The Balaban J connectivity index is 1.58. The van der Waals surface area contributed by atoms with Gasteiger partial charge in [-0.3, -0.25) is 9.80 Å². The molecule has 5 nitrogen and oxygen atoms in total. The predicted molar refractivity (Wildman–Crippen MR) is 98.4 cm³/mol. The fourth-order valence-electron chi connectivity index (χ4n) is 3.65. The zero-order chi connectivity index (χ0) is 16.9. The number of benzene rings is 1. The van der Waals surface area contributed by atoms with Gasteiger partial charge in [0.1, 0.15) is 0 Å². The van der Waals surface area contributed by atoms with Crippen LogP contribution in [0.3, 0.4) is 0 Å². The maximum absolute atomic E-state index is 12.6. The molecule has 2 amide bonds. The molecule has 5 heteroatoms. The summed E-state index contributed by atoms with van der Waals surface area (Å²) in [4.78, 5) is 18.8. The summed E-state index contributed by atoms with van der Waals surface area (Å²) < 4.78 is 0. The van der Waals surface area contributed by atoms with Gasteiger partial charge >= 0.3 is 6.03 Å². The highest BCUT2D eigenvalue weighted by Crippen LogP contribution is 2.19. The van der Waals surface area contributed by atoms with Crippen LogP contribution >= 0.6 is 0 Å². The molecule has 0 aliphatic carbocycles. The molecule has 1 aromatic rings. The number of piperidine rings is 1. The third-order valence-corrected chi connectivity index (χ3v) is 5.10. The molecular weight excluding hydrogens is 300 g/mol. The Bertz CT molecular complexity index is 539. The number of hydrogen-bond acceptors (Lipinski definition) is 3. The lowest BCUT2D eigenvalue weighted by Gasteiger charge is -2.32. The minimum absolute atomic E-state index is 0.123. The highest BCUT2D eigenvalue weighted by atomic mass is 16.2. The van der Waals surface area contributed by atoms with E-state index in [-0.39, 0.29) is 6.03 Å². The number of likely N-dealkylation sites (tertiary alicyclic amines) is 1. The van der Waals surface area contributed by atoms with Crippen LogP contribution in [0.4, 0.5) is 10.5 Å². The van der Waals surface area contributed by atoms with Crippen LogP contribution in [0.15, 0.2) is 24.3 Å². The quantitative estimate of drug-likeness (QED) is 0.925. The lowest BCUT2D eigenvalue weighted by atomic mass is 10.1. The van der Waals surface area contributed by atoms with E-state index < -0.39 is 0 Å². The molecule has 2 saturated heterocycles. The fourth-order valence-corrected chi connectivity index (χ4v) is 3.65. The first kappa shape index (κ1) is 17.2. The van der Waals surface area contributed by atoms with Crippen LogP contribution in [0.5, 0.6) is 0 Å². The number of nitrogens with one attached hydrogen (secondary N) is 1. The van der Waals surface area contributed by atoms with Crippen LogP contribution in [-0.4, -0.2) is 61.6 Å². The SMILES string of the molecule is C[C@H]1CN(Cc2ccc(N(C)C(=O)N3CCCCC3)cc2)CCN1. The fraction of sp³-hybridized carbons (Fsp3) is 0.632. The Kier molecular flexibility index (Phi) is 5.74. The van der Waals surface area contributed by atoms with Crippen molar-refractivity contribution in [1.82, 2.24) is 15.1 Å². The molecule has 0 spiro atoms. The van der Waals surface area contributed by atoms with Gasteiger partial charge in [0.05, 0.1) is 0 Å². The molecule has 2 heterocycles. The van der Waals surface area contributed by atoms with E-state index in [2.05, 4.69) is 41.4 Å². The average molecular weight is 330 g/mol. The standard InChI is InChI=1S/C19H30N4O/c1-16-14-22(13-10-20-16)15-17-6-8-18(9-7-17)21(2)19(24)23-11-4-3-5-12-23/h6-9,16,20H,3-5,10-15H2,1-2H3/t16-/m0/s1. The van der Waals surface area contributed by atoms with E-state index in [0.717, 1.165) is 57.8 Å². The topological polar surface area (TPSA) is 38.8 Å². The second-order valence-electron chi connectivity index (χ2n) is 7.15. The van der Waals surface area contributed by atoms with Gasteiger partial charge in [0.25, 0.3) is 0 Å². The van der Waals surface area contributed by atoms with Crippen LogP contribution in [0.2, 0.25) is 0 Å². The molecule has 2 aliphatic rings. The van der Waals surface area contributed by atoms with Crippen LogP contribution < -0.4 is 10.2 Å². The molecule has 132 valence electrons. The zero-order valence-electron chi connectivity index (χ0n) is 15.0. The second kappa shape index (κ2) is 7.99. The molecule has 2 aliphatic heterocycles. The summed E-state index contributed by atoms with van der Waals surface area (Å²) >= 11 is 0. The number of carbonyl (C=O) groups excluding carboxylic acids is 1. The van der Waals surface area contributed by atoms with Crippen molar-refractivity contribution in [2.75, 3.05) is 44.7 Å². The molecule has 0 radical (unpaired) electrons. The summed E-state index contributed by atoms with van der Waals surface area (Å²) in [5, 5.41) is 3.47. The van der Waals surface area contributed by atoms with Gasteiger partial charge in [0, 0.05) is 58.0 Å². The van der Waals surface area contributed by atoms with E-state index in [0.29, 0.717) is 6.04 Å². The summed E-state index contributed by atoms with van der Waals surface area (Å²) in [7, 11) is 1.88. The van der Waals surface area contributed by atoms with Gasteiger partial charge in [-0.1, -0.05) is 12.1 Å². The summed E-state index contributed by atoms with van der Waals surface area (Å²) in [5.74, 6) is 0. The summed E-state index contributed by atoms with van der Waals surface area (Å²) in [6, 6.07) is 9.14. The highest BCUT2D eigenvalue weighted by Gasteiger charge is 2.21. The van der Waals surface area contributed by atoms with Crippen molar-refractivity contribution in [1.29, 1.82) is 0 Å². The lowest BCUT2D eigenvalue weighted by Crippen LogP contribution is -2.48. The minimum Gasteiger partial charge on any atom is -0.324 e. The molecule has 0 bridgehead atoms. The van der Waals surface area contributed by atoms with Crippen LogP contribution in [0.1, 0.15) is 31.7 Å². The van der Waals surface area contributed by atoms with E-state index in [4.69, 9.17) is 0 Å². The number of hydrogen-bond donors (Lipinski definition) is 1. The first-order chi connectivity index (χ1) is 11.6. The Labute approximate surface area is 145 Å². The molecule has 3 rings (SSSR count). The van der Waals surface area contributed by atoms with E-state index >= 15 is 0 Å². The number of anilines is 1. The number of carbonyl (C=O) groups is 1. The number of amides is 2. The van der Waals surface area contributed by atoms with Crippen molar-refractivity contribution in [2.45, 2.75) is 38.8 Å². The molecule has 2 fully saturated rings. The third-order valence-electron chi connectivity index (χ3n) is 5.10. The number of piperazine rings is 1. The second-order valence-corrected chi connectivity index (χ2v) is 7.15. The first-order valence-corrected chi connectivity index (χ1v) is 9.21. The molecule has 1 N–H and O–H groups in total. The van der Waals surface area contributed by atoms with Gasteiger partial charge in [0.2, 0.25) is 0 Å². The summed E-state index contributed by atoms with van der Waals surface area (Å²) in [5.41, 5.74) is 2.29.